The molecule has 1 saturated carbocycles. The molecule has 180 valence electrons. The third-order valence-electron chi connectivity index (χ3n) is 5.64. The second-order valence-electron chi connectivity index (χ2n) is 8.07. The van der Waals surface area contributed by atoms with Crippen molar-refractivity contribution in [2.75, 3.05) is 25.0 Å². The molecule has 2 unspecified atom stereocenters. The predicted molar refractivity (Wildman–Crippen MR) is 121 cm³/mol. The lowest BCUT2D eigenvalue weighted by molar-refractivity contribution is -0.134. The summed E-state index contributed by atoms with van der Waals surface area (Å²) >= 11 is 0. The van der Waals surface area contributed by atoms with E-state index in [0.717, 1.165) is 44.5 Å². The molecular weight excluding hydrogens is 440 g/mol. The highest BCUT2D eigenvalue weighted by atomic mass is 16.4. The van der Waals surface area contributed by atoms with E-state index in [1.54, 1.807) is 17.2 Å². The Morgan fingerprint density at radius 3 is 2.47 bits per heavy atom. The second-order valence-corrected chi connectivity index (χ2v) is 8.07. The molecule has 0 bridgehead atoms. The van der Waals surface area contributed by atoms with Gasteiger partial charge >= 0.3 is 11.9 Å². The van der Waals surface area contributed by atoms with Crippen LogP contribution in [0.4, 0.5) is 5.82 Å². The average molecular weight is 469 g/mol. The maximum atomic E-state index is 12.3. The summed E-state index contributed by atoms with van der Waals surface area (Å²) in [5.74, 6) is -1.15. The molecule has 1 aromatic heterocycles. The third kappa shape index (κ3) is 8.88. The number of nitriles is 2. The van der Waals surface area contributed by atoms with Crippen LogP contribution in [-0.2, 0) is 14.4 Å². The summed E-state index contributed by atoms with van der Waals surface area (Å²) in [5, 5.41) is 40.2. The van der Waals surface area contributed by atoms with E-state index in [1.165, 1.54) is 0 Å². The molecular formula is C23H28N6O5. The van der Waals surface area contributed by atoms with Crippen LogP contribution in [-0.4, -0.2) is 69.7 Å². The van der Waals surface area contributed by atoms with Gasteiger partial charge in [-0.3, -0.25) is 4.79 Å². The summed E-state index contributed by atoms with van der Waals surface area (Å²) in [6.07, 6.45) is 7.60. The number of carbonyl (C=O) groups excluding carboxylic acids is 1. The lowest BCUT2D eigenvalue weighted by atomic mass is 10.1. The van der Waals surface area contributed by atoms with Gasteiger partial charge in [-0.1, -0.05) is 0 Å². The standard InChI is InChI=1S/C19H24N6O.C4H4O4/c20-9-15-4-6-18(24-12-15)23-11-14-3-5-16(8-14)22-13-19(26)25-7-1-2-17(25)10-21;5-3(6)1-2-4(7)8/h4,6,12,14,16-17,22H,1-3,5,7-8,11,13H2,(H,23,24);1-2H,(H,5,6)(H,7,8)/b;2-1-/t14?,16?,17-;/m0./s1. The number of anilines is 1. The number of pyridine rings is 1. The number of carbonyl (C=O) groups is 3. The van der Waals surface area contributed by atoms with Crippen LogP contribution in [0.25, 0.3) is 0 Å². The number of carboxylic acid groups (broad SMARTS) is 2. The van der Waals surface area contributed by atoms with Gasteiger partial charge in [-0.05, 0) is 50.2 Å². The predicted octanol–water partition coefficient (Wildman–Crippen LogP) is 1.35. The molecule has 34 heavy (non-hydrogen) atoms. The minimum Gasteiger partial charge on any atom is -0.478 e. The molecule has 1 aliphatic carbocycles. The Hall–Kier alpha value is -3.96. The van der Waals surface area contributed by atoms with E-state index < -0.39 is 11.9 Å². The van der Waals surface area contributed by atoms with Crippen LogP contribution in [0.2, 0.25) is 0 Å². The fraction of sp³-hybridized carbons (Fsp3) is 0.478. The normalized spacial score (nSPS) is 21.2. The van der Waals surface area contributed by atoms with Gasteiger partial charge in [0.15, 0.2) is 0 Å². The number of nitrogens with zero attached hydrogens (tertiary/aromatic N) is 4. The molecule has 3 atom stereocenters. The Morgan fingerprint density at radius 2 is 1.88 bits per heavy atom. The number of nitrogens with one attached hydrogen (secondary N) is 2. The van der Waals surface area contributed by atoms with Crippen LogP contribution in [0.1, 0.15) is 37.7 Å². The average Bonchev–Trinajstić information content (AvgIpc) is 3.50. The van der Waals surface area contributed by atoms with E-state index in [9.17, 15) is 14.4 Å². The molecule has 4 N–H and O–H groups in total. The highest BCUT2D eigenvalue weighted by molar-refractivity contribution is 5.89. The molecule has 1 saturated heterocycles. The number of likely N-dealkylation sites (tertiary alicyclic amines) is 1. The molecule has 1 aromatic rings. The van der Waals surface area contributed by atoms with Gasteiger partial charge in [0.05, 0.1) is 18.2 Å². The van der Waals surface area contributed by atoms with Crippen LogP contribution < -0.4 is 10.6 Å². The molecule has 11 heteroatoms. The van der Waals surface area contributed by atoms with Gasteiger partial charge in [-0.15, -0.1) is 0 Å². The molecule has 1 amide bonds. The first-order chi connectivity index (χ1) is 16.3. The van der Waals surface area contributed by atoms with Gasteiger partial charge in [0.25, 0.3) is 0 Å². The number of carboxylic acids is 2. The molecule has 2 fully saturated rings. The Bertz CT molecular complexity index is 950. The van der Waals surface area contributed by atoms with Crippen LogP contribution in [0.5, 0.6) is 0 Å². The van der Waals surface area contributed by atoms with E-state index in [4.69, 9.17) is 20.7 Å². The van der Waals surface area contributed by atoms with Crippen molar-refractivity contribution >= 4 is 23.7 Å². The van der Waals surface area contributed by atoms with E-state index >= 15 is 0 Å². The molecule has 11 nitrogen and oxygen atoms in total. The summed E-state index contributed by atoms with van der Waals surface area (Å²) in [6, 6.07) is 7.96. The zero-order chi connectivity index (χ0) is 24.9. The minimum absolute atomic E-state index is 0.0393. The summed E-state index contributed by atoms with van der Waals surface area (Å²) < 4.78 is 0. The Labute approximate surface area is 197 Å². The number of hydrogen-bond acceptors (Lipinski definition) is 8. The number of rotatable bonds is 8. The highest BCUT2D eigenvalue weighted by Gasteiger charge is 2.30. The van der Waals surface area contributed by atoms with Crippen molar-refractivity contribution in [1.29, 1.82) is 10.5 Å². The van der Waals surface area contributed by atoms with Gasteiger partial charge < -0.3 is 25.7 Å². The van der Waals surface area contributed by atoms with Gasteiger partial charge in [-0.2, -0.15) is 10.5 Å². The second kappa shape index (κ2) is 13.6. The molecule has 3 rings (SSSR count). The maximum absolute atomic E-state index is 12.3. The highest BCUT2D eigenvalue weighted by Crippen LogP contribution is 2.26. The summed E-state index contributed by atoms with van der Waals surface area (Å²) in [5.41, 5.74) is 0.557. The Kier molecular flexibility index (Phi) is 10.5. The van der Waals surface area contributed by atoms with Gasteiger partial charge in [0, 0.05) is 37.5 Å². The summed E-state index contributed by atoms with van der Waals surface area (Å²) in [6.45, 7) is 1.86. The largest absolute Gasteiger partial charge is 0.478 e. The first-order valence-electron chi connectivity index (χ1n) is 11.0. The molecule has 0 radical (unpaired) electrons. The van der Waals surface area contributed by atoms with Gasteiger partial charge in [-0.25, -0.2) is 14.6 Å². The third-order valence-corrected chi connectivity index (χ3v) is 5.64. The first kappa shape index (κ1) is 26.3. The van der Waals surface area contributed by atoms with Crippen LogP contribution in [0, 0.1) is 28.6 Å². The van der Waals surface area contributed by atoms with Gasteiger partial charge in [0.1, 0.15) is 17.9 Å². The van der Waals surface area contributed by atoms with Crippen molar-refractivity contribution in [1.82, 2.24) is 15.2 Å². The van der Waals surface area contributed by atoms with Crippen molar-refractivity contribution < 1.29 is 24.6 Å². The van der Waals surface area contributed by atoms with E-state index in [0.29, 0.717) is 42.8 Å². The van der Waals surface area contributed by atoms with E-state index in [-0.39, 0.29) is 11.9 Å². The molecule has 0 aromatic carbocycles. The number of amides is 1. The van der Waals surface area contributed by atoms with Crippen LogP contribution in [0.15, 0.2) is 30.5 Å². The van der Waals surface area contributed by atoms with Crippen molar-refractivity contribution in [3.8, 4) is 12.1 Å². The smallest absolute Gasteiger partial charge is 0.328 e. The fourth-order valence-corrected chi connectivity index (χ4v) is 3.93. The molecule has 0 spiro atoms. The molecule has 2 aliphatic rings. The van der Waals surface area contributed by atoms with E-state index in [1.807, 2.05) is 6.07 Å². The quantitative estimate of drug-likeness (QED) is 0.407. The maximum Gasteiger partial charge on any atom is 0.328 e. The number of aliphatic carboxylic acids is 2. The number of hydrogen-bond donors (Lipinski definition) is 4. The Balaban J connectivity index is 0.000000440. The van der Waals surface area contributed by atoms with Gasteiger partial charge in [0.2, 0.25) is 5.91 Å². The monoisotopic (exact) mass is 468 g/mol. The zero-order valence-corrected chi connectivity index (χ0v) is 18.7. The summed E-state index contributed by atoms with van der Waals surface area (Å²) in [7, 11) is 0. The fourth-order valence-electron chi connectivity index (χ4n) is 3.93. The van der Waals surface area contributed by atoms with Crippen molar-refractivity contribution in [3.05, 3.63) is 36.0 Å². The SMILES string of the molecule is N#Cc1ccc(NCC2CCC(NCC(=O)N3CCC[C@H]3C#N)C2)nc1.O=C(O)/C=C\C(=O)O. The zero-order valence-electron chi connectivity index (χ0n) is 18.7. The lowest BCUT2D eigenvalue weighted by Gasteiger charge is -2.21. The molecule has 2 heterocycles. The van der Waals surface area contributed by atoms with Crippen molar-refractivity contribution in [2.45, 2.75) is 44.2 Å². The Morgan fingerprint density at radius 1 is 1.15 bits per heavy atom. The van der Waals surface area contributed by atoms with Crippen molar-refractivity contribution in [3.63, 3.8) is 0 Å². The summed E-state index contributed by atoms with van der Waals surface area (Å²) in [4.78, 5) is 37.3. The van der Waals surface area contributed by atoms with Crippen LogP contribution >= 0.6 is 0 Å². The molecule has 1 aliphatic heterocycles. The van der Waals surface area contributed by atoms with Crippen molar-refractivity contribution in [2.24, 2.45) is 5.92 Å². The van der Waals surface area contributed by atoms with Crippen LogP contribution in [0.3, 0.4) is 0 Å². The minimum atomic E-state index is -1.26. The van der Waals surface area contributed by atoms with E-state index in [2.05, 4.69) is 27.8 Å². The first-order valence-corrected chi connectivity index (χ1v) is 11.0. The number of aromatic nitrogens is 1. The lowest BCUT2D eigenvalue weighted by Crippen LogP contribution is -2.43. The topological polar surface area (TPSA) is 179 Å².